The van der Waals surface area contributed by atoms with Crippen molar-refractivity contribution in [1.82, 2.24) is 5.32 Å². The quantitative estimate of drug-likeness (QED) is 0.783. The number of benzene rings is 1. The number of rotatable bonds is 7. The van der Waals surface area contributed by atoms with Crippen molar-refractivity contribution in [1.29, 1.82) is 0 Å². The molecule has 1 aromatic heterocycles. The zero-order chi connectivity index (χ0) is 17.5. The summed E-state index contributed by atoms with van der Waals surface area (Å²) in [6, 6.07) is 8.05. The molecule has 1 amide bonds. The Balaban J connectivity index is 1.97. The number of amides is 1. The number of carbonyl (C=O) groups is 2. The highest BCUT2D eigenvalue weighted by molar-refractivity contribution is 5.96. The minimum absolute atomic E-state index is 0.134. The van der Waals surface area contributed by atoms with Gasteiger partial charge in [-0.25, -0.2) is 4.79 Å². The molecule has 0 aliphatic carbocycles. The van der Waals surface area contributed by atoms with Crippen LogP contribution < -0.4 is 14.8 Å². The van der Waals surface area contributed by atoms with Crippen LogP contribution in [0.4, 0.5) is 0 Å². The van der Waals surface area contributed by atoms with Gasteiger partial charge in [0.1, 0.15) is 22.8 Å². The lowest BCUT2D eigenvalue weighted by atomic mass is 10.2. The Hall–Kier alpha value is -2.96. The molecule has 2 rings (SSSR count). The number of esters is 1. The number of nitrogens with one attached hydrogen (secondary N) is 1. The summed E-state index contributed by atoms with van der Waals surface area (Å²) in [4.78, 5) is 24.1. The lowest BCUT2D eigenvalue weighted by molar-refractivity contribution is -0.125. The normalized spacial score (nSPS) is 11.5. The summed E-state index contributed by atoms with van der Waals surface area (Å²) in [5.74, 6) is 0.0831. The molecule has 0 saturated heterocycles. The monoisotopic (exact) mass is 333 g/mol. The molecule has 2 aromatic rings. The van der Waals surface area contributed by atoms with Gasteiger partial charge in [0.05, 0.1) is 26.5 Å². The molecule has 24 heavy (non-hydrogen) atoms. The van der Waals surface area contributed by atoms with E-state index in [0.29, 0.717) is 17.3 Å². The topological polar surface area (TPSA) is 87.0 Å². The van der Waals surface area contributed by atoms with Gasteiger partial charge in [-0.15, -0.1) is 0 Å². The van der Waals surface area contributed by atoms with Crippen LogP contribution in [-0.2, 0) is 9.53 Å². The van der Waals surface area contributed by atoms with Gasteiger partial charge in [0.25, 0.3) is 5.91 Å². The zero-order valence-electron chi connectivity index (χ0n) is 13.7. The SMILES string of the molecule is COc1cccc(OC)c1C(=O)OCC(=O)N[C@@H](C)c1ccco1. The van der Waals surface area contributed by atoms with Crippen LogP contribution in [-0.4, -0.2) is 32.7 Å². The maximum atomic E-state index is 12.2. The summed E-state index contributed by atoms with van der Waals surface area (Å²) < 4.78 is 20.5. The van der Waals surface area contributed by atoms with Gasteiger partial charge in [-0.1, -0.05) is 6.07 Å². The summed E-state index contributed by atoms with van der Waals surface area (Å²) >= 11 is 0. The van der Waals surface area contributed by atoms with E-state index in [1.165, 1.54) is 20.5 Å². The van der Waals surface area contributed by atoms with Crippen LogP contribution in [0.1, 0.15) is 29.1 Å². The Kier molecular flexibility index (Phi) is 5.83. The van der Waals surface area contributed by atoms with E-state index in [1.807, 2.05) is 0 Å². The molecule has 0 radical (unpaired) electrons. The van der Waals surface area contributed by atoms with E-state index < -0.39 is 18.5 Å². The van der Waals surface area contributed by atoms with Crippen molar-refractivity contribution in [3.05, 3.63) is 47.9 Å². The number of carbonyl (C=O) groups excluding carboxylic acids is 2. The summed E-state index contributed by atoms with van der Waals surface area (Å²) in [5.41, 5.74) is 0.134. The van der Waals surface area contributed by atoms with Crippen LogP contribution in [0.5, 0.6) is 11.5 Å². The van der Waals surface area contributed by atoms with Gasteiger partial charge in [-0.2, -0.15) is 0 Å². The maximum Gasteiger partial charge on any atom is 0.346 e. The first-order valence-corrected chi connectivity index (χ1v) is 7.27. The molecule has 7 nitrogen and oxygen atoms in total. The van der Waals surface area contributed by atoms with Crippen LogP contribution in [0.15, 0.2) is 41.0 Å². The standard InChI is InChI=1S/C17H19NO6/c1-11(12-8-5-9-23-12)18-15(19)10-24-17(20)16-13(21-2)6-4-7-14(16)22-3/h4-9,11H,10H2,1-3H3,(H,18,19)/t11-/m0/s1. The largest absolute Gasteiger partial charge is 0.496 e. The molecule has 1 N–H and O–H groups in total. The Bertz CT molecular complexity index is 673. The van der Waals surface area contributed by atoms with Gasteiger partial charge in [0, 0.05) is 0 Å². The van der Waals surface area contributed by atoms with Gasteiger partial charge in [0.2, 0.25) is 0 Å². The van der Waals surface area contributed by atoms with E-state index in [-0.39, 0.29) is 11.6 Å². The lowest BCUT2D eigenvalue weighted by Crippen LogP contribution is -2.31. The van der Waals surface area contributed by atoms with Crippen molar-refractivity contribution < 1.29 is 28.2 Å². The van der Waals surface area contributed by atoms with Gasteiger partial charge >= 0.3 is 5.97 Å². The fourth-order valence-electron chi connectivity index (χ4n) is 2.15. The number of furan rings is 1. The van der Waals surface area contributed by atoms with E-state index >= 15 is 0 Å². The van der Waals surface area contributed by atoms with Gasteiger partial charge in [-0.3, -0.25) is 4.79 Å². The minimum atomic E-state index is -0.704. The van der Waals surface area contributed by atoms with Crippen molar-refractivity contribution in [2.75, 3.05) is 20.8 Å². The molecular formula is C17H19NO6. The molecule has 7 heteroatoms. The molecule has 0 spiro atoms. The van der Waals surface area contributed by atoms with Crippen LogP contribution in [0, 0.1) is 0 Å². The fourth-order valence-corrected chi connectivity index (χ4v) is 2.15. The third kappa shape index (κ3) is 4.07. The summed E-state index contributed by atoms with van der Waals surface area (Å²) in [5, 5.41) is 2.67. The zero-order valence-corrected chi connectivity index (χ0v) is 13.7. The van der Waals surface area contributed by atoms with E-state index in [1.54, 1.807) is 37.3 Å². The third-order valence-electron chi connectivity index (χ3n) is 3.31. The first-order chi connectivity index (χ1) is 11.6. The average Bonchev–Trinajstić information content (AvgIpc) is 3.13. The molecule has 0 aliphatic heterocycles. The Morgan fingerprint density at radius 2 is 1.79 bits per heavy atom. The van der Waals surface area contributed by atoms with Crippen molar-refractivity contribution >= 4 is 11.9 Å². The van der Waals surface area contributed by atoms with Crippen LogP contribution in [0.3, 0.4) is 0 Å². The number of ether oxygens (including phenoxy) is 3. The van der Waals surface area contributed by atoms with E-state index in [4.69, 9.17) is 18.6 Å². The van der Waals surface area contributed by atoms with Crippen LogP contribution in [0.25, 0.3) is 0 Å². The average molecular weight is 333 g/mol. The van der Waals surface area contributed by atoms with Crippen molar-refractivity contribution in [3.8, 4) is 11.5 Å². The molecule has 0 fully saturated rings. The first-order valence-electron chi connectivity index (χ1n) is 7.27. The molecule has 1 atom stereocenters. The smallest absolute Gasteiger partial charge is 0.346 e. The Morgan fingerprint density at radius 3 is 2.33 bits per heavy atom. The summed E-state index contributed by atoms with van der Waals surface area (Å²) in [7, 11) is 2.87. The van der Waals surface area contributed by atoms with Crippen molar-refractivity contribution in [3.63, 3.8) is 0 Å². The highest BCUT2D eigenvalue weighted by Gasteiger charge is 2.21. The van der Waals surface area contributed by atoms with Crippen molar-refractivity contribution in [2.24, 2.45) is 0 Å². The third-order valence-corrected chi connectivity index (χ3v) is 3.31. The molecular weight excluding hydrogens is 314 g/mol. The Morgan fingerprint density at radius 1 is 1.12 bits per heavy atom. The summed E-state index contributed by atoms with van der Waals surface area (Å²) in [6.07, 6.45) is 1.52. The van der Waals surface area contributed by atoms with E-state index in [0.717, 1.165) is 0 Å². The predicted molar refractivity (Wildman–Crippen MR) is 85.1 cm³/mol. The van der Waals surface area contributed by atoms with Crippen LogP contribution in [0.2, 0.25) is 0 Å². The van der Waals surface area contributed by atoms with Crippen molar-refractivity contribution in [2.45, 2.75) is 13.0 Å². The van der Waals surface area contributed by atoms with Crippen LogP contribution >= 0.6 is 0 Å². The molecule has 0 bridgehead atoms. The number of methoxy groups -OCH3 is 2. The van der Waals surface area contributed by atoms with Gasteiger partial charge in [-0.05, 0) is 31.2 Å². The molecule has 1 heterocycles. The molecule has 128 valence electrons. The molecule has 0 aliphatic rings. The predicted octanol–water partition coefficient (Wildman–Crippen LogP) is 2.33. The molecule has 0 saturated carbocycles. The summed E-state index contributed by atoms with van der Waals surface area (Å²) in [6.45, 7) is 1.34. The second-order valence-electron chi connectivity index (χ2n) is 4.92. The highest BCUT2D eigenvalue weighted by Crippen LogP contribution is 2.28. The maximum absolute atomic E-state index is 12.2. The number of hydrogen-bond acceptors (Lipinski definition) is 6. The first kappa shape index (κ1) is 17.4. The second-order valence-corrected chi connectivity index (χ2v) is 4.92. The van der Waals surface area contributed by atoms with Gasteiger partial charge in [0.15, 0.2) is 6.61 Å². The lowest BCUT2D eigenvalue weighted by Gasteiger charge is -2.14. The fraction of sp³-hybridized carbons (Fsp3) is 0.294. The van der Waals surface area contributed by atoms with E-state index in [9.17, 15) is 9.59 Å². The molecule has 0 unspecified atom stereocenters. The minimum Gasteiger partial charge on any atom is -0.496 e. The molecule has 1 aromatic carbocycles. The number of hydrogen-bond donors (Lipinski definition) is 1. The highest BCUT2D eigenvalue weighted by atomic mass is 16.5. The van der Waals surface area contributed by atoms with E-state index in [2.05, 4.69) is 5.32 Å². The second kappa shape index (κ2) is 8.05. The van der Waals surface area contributed by atoms with Gasteiger partial charge < -0.3 is 23.9 Å². The Labute approximate surface area is 139 Å².